The van der Waals surface area contributed by atoms with Crippen LogP contribution in [0.15, 0.2) is 42.5 Å². The van der Waals surface area contributed by atoms with Crippen molar-refractivity contribution < 1.29 is 28.3 Å². The van der Waals surface area contributed by atoms with Crippen LogP contribution in [0.3, 0.4) is 0 Å². The number of ether oxygens (including phenoxy) is 1. The Morgan fingerprint density at radius 1 is 1.12 bits per heavy atom. The van der Waals surface area contributed by atoms with Crippen molar-refractivity contribution in [2.24, 2.45) is 0 Å². The van der Waals surface area contributed by atoms with E-state index >= 15 is 0 Å². The molecule has 1 spiro atoms. The van der Waals surface area contributed by atoms with Crippen molar-refractivity contribution >= 4 is 35.3 Å². The number of anilines is 2. The van der Waals surface area contributed by atoms with Crippen molar-refractivity contribution in [1.82, 2.24) is 10.2 Å². The van der Waals surface area contributed by atoms with Crippen LogP contribution in [-0.2, 0) is 26.3 Å². The van der Waals surface area contributed by atoms with Crippen LogP contribution in [0.1, 0.15) is 38.3 Å². The number of rotatable bonds is 4. The topological polar surface area (TPSA) is 117 Å². The predicted octanol–water partition coefficient (Wildman–Crippen LogP) is 3.50. The monoisotopic (exact) mass is 468 g/mol. The number of benzene rings is 2. The summed E-state index contributed by atoms with van der Waals surface area (Å²) < 4.78 is 19.0. The van der Waals surface area contributed by atoms with E-state index in [0.717, 1.165) is 28.2 Å². The van der Waals surface area contributed by atoms with Crippen molar-refractivity contribution in [1.29, 1.82) is 0 Å². The average Bonchev–Trinajstić information content (AvgIpc) is 3.22. The Bertz CT molecular complexity index is 1190. The van der Waals surface area contributed by atoms with E-state index in [9.17, 15) is 23.6 Å². The van der Waals surface area contributed by atoms with E-state index in [2.05, 4.69) is 16.0 Å². The molecule has 1 heterocycles. The molecule has 2 aromatic carbocycles. The standard InChI is InChI=1S/C24H25FN4O5/c1-23(2,3)34-22(33)27-17-9-8-15(25)12-18(17)26-19(30)13-29-20(31)24(28-21(29)32)11-10-14-6-4-5-7-16(14)24/h4-9,12H,10-11,13H2,1-3H3,(H,26,30)(H,27,33)(H,28,32). The molecule has 1 aliphatic heterocycles. The van der Waals surface area contributed by atoms with Gasteiger partial charge in [-0.1, -0.05) is 24.3 Å². The number of carbonyl (C=O) groups is 4. The van der Waals surface area contributed by atoms with Gasteiger partial charge in [0.25, 0.3) is 5.91 Å². The lowest BCUT2D eigenvalue weighted by atomic mass is 9.92. The van der Waals surface area contributed by atoms with Crippen molar-refractivity contribution in [2.75, 3.05) is 17.2 Å². The van der Waals surface area contributed by atoms with Gasteiger partial charge < -0.3 is 15.4 Å². The number of nitrogens with one attached hydrogen (secondary N) is 3. The van der Waals surface area contributed by atoms with Crippen LogP contribution in [0, 0.1) is 5.82 Å². The Morgan fingerprint density at radius 3 is 2.59 bits per heavy atom. The molecule has 1 saturated heterocycles. The van der Waals surface area contributed by atoms with E-state index in [0.29, 0.717) is 12.8 Å². The lowest BCUT2D eigenvalue weighted by Crippen LogP contribution is -2.43. The number of amides is 5. The molecule has 0 bridgehead atoms. The number of imide groups is 1. The minimum absolute atomic E-state index is 0.0381. The Balaban J connectivity index is 1.48. The molecular weight excluding hydrogens is 443 g/mol. The number of hydrogen-bond acceptors (Lipinski definition) is 5. The molecule has 3 N–H and O–H groups in total. The minimum atomic E-state index is -1.18. The number of hydrogen-bond donors (Lipinski definition) is 3. The first-order valence-electron chi connectivity index (χ1n) is 10.8. The second kappa shape index (κ2) is 8.44. The van der Waals surface area contributed by atoms with Crippen molar-refractivity contribution in [3.63, 3.8) is 0 Å². The Morgan fingerprint density at radius 2 is 1.85 bits per heavy atom. The van der Waals surface area contributed by atoms with E-state index in [-0.39, 0.29) is 11.4 Å². The summed E-state index contributed by atoms with van der Waals surface area (Å²) in [6.45, 7) is 4.49. The van der Waals surface area contributed by atoms with Gasteiger partial charge in [-0.25, -0.2) is 14.0 Å². The molecule has 2 aliphatic rings. The highest BCUT2D eigenvalue weighted by Gasteiger charge is 2.55. The van der Waals surface area contributed by atoms with Crippen LogP contribution in [0.2, 0.25) is 0 Å². The highest BCUT2D eigenvalue weighted by molar-refractivity contribution is 6.11. The maximum absolute atomic E-state index is 13.9. The third-order valence-electron chi connectivity index (χ3n) is 5.62. The second-order valence-electron chi connectivity index (χ2n) is 9.25. The molecule has 5 amide bonds. The van der Waals surface area contributed by atoms with Crippen LogP contribution >= 0.6 is 0 Å². The molecule has 0 saturated carbocycles. The molecular formula is C24H25FN4O5. The van der Waals surface area contributed by atoms with Gasteiger partial charge >= 0.3 is 12.1 Å². The number of fused-ring (bicyclic) bond motifs is 2. The molecule has 2 aromatic rings. The molecule has 1 unspecified atom stereocenters. The molecule has 1 fully saturated rings. The van der Waals surface area contributed by atoms with Gasteiger partial charge in [0, 0.05) is 0 Å². The second-order valence-corrected chi connectivity index (χ2v) is 9.25. The molecule has 178 valence electrons. The molecule has 1 atom stereocenters. The van der Waals surface area contributed by atoms with E-state index in [1.807, 2.05) is 12.1 Å². The number of aryl methyl sites for hydroxylation is 1. The molecule has 0 radical (unpaired) electrons. The van der Waals surface area contributed by atoms with E-state index < -0.39 is 47.4 Å². The van der Waals surface area contributed by atoms with Crippen LogP contribution in [-0.4, -0.2) is 41.0 Å². The first-order chi connectivity index (χ1) is 16.0. The molecule has 9 nitrogen and oxygen atoms in total. The highest BCUT2D eigenvalue weighted by atomic mass is 19.1. The lowest BCUT2D eigenvalue weighted by molar-refractivity contribution is -0.134. The van der Waals surface area contributed by atoms with Gasteiger partial charge in [0.15, 0.2) is 0 Å². The summed E-state index contributed by atoms with van der Waals surface area (Å²) >= 11 is 0. The average molecular weight is 468 g/mol. The summed E-state index contributed by atoms with van der Waals surface area (Å²) in [5, 5.41) is 7.67. The van der Waals surface area contributed by atoms with Crippen molar-refractivity contribution in [2.45, 2.75) is 44.8 Å². The number of halogens is 1. The maximum atomic E-state index is 13.9. The molecule has 1 aliphatic carbocycles. The highest BCUT2D eigenvalue weighted by Crippen LogP contribution is 2.41. The molecule has 0 aromatic heterocycles. The van der Waals surface area contributed by atoms with Crippen LogP contribution in [0.25, 0.3) is 0 Å². The Hall–Kier alpha value is -3.95. The Labute approximate surface area is 195 Å². The summed E-state index contributed by atoms with van der Waals surface area (Å²) in [5.41, 5.74) is -0.182. The quantitative estimate of drug-likeness (QED) is 0.594. The van der Waals surface area contributed by atoms with Crippen molar-refractivity contribution in [3.05, 3.63) is 59.4 Å². The van der Waals surface area contributed by atoms with Crippen molar-refractivity contribution in [3.8, 4) is 0 Å². The maximum Gasteiger partial charge on any atom is 0.412 e. The first kappa shape index (κ1) is 23.2. The van der Waals surface area contributed by atoms with Gasteiger partial charge in [-0.15, -0.1) is 0 Å². The zero-order chi connectivity index (χ0) is 24.7. The fourth-order valence-electron chi connectivity index (χ4n) is 4.21. The summed E-state index contributed by atoms with van der Waals surface area (Å²) in [7, 11) is 0. The van der Waals surface area contributed by atoms with E-state index in [1.165, 1.54) is 6.07 Å². The molecule has 34 heavy (non-hydrogen) atoms. The van der Waals surface area contributed by atoms with E-state index in [4.69, 9.17) is 4.74 Å². The smallest absolute Gasteiger partial charge is 0.412 e. The van der Waals surface area contributed by atoms with Gasteiger partial charge in [0.05, 0.1) is 11.4 Å². The number of nitrogens with zero attached hydrogens (tertiary/aromatic N) is 1. The van der Waals surface area contributed by atoms with Gasteiger partial charge in [0.1, 0.15) is 23.5 Å². The van der Waals surface area contributed by atoms with Crippen LogP contribution in [0.4, 0.5) is 25.4 Å². The largest absolute Gasteiger partial charge is 0.444 e. The number of urea groups is 1. The van der Waals surface area contributed by atoms with Gasteiger partial charge in [0.2, 0.25) is 5.91 Å². The lowest BCUT2D eigenvalue weighted by Gasteiger charge is -2.22. The fraction of sp³-hybridized carbons (Fsp3) is 0.333. The zero-order valence-electron chi connectivity index (χ0n) is 19.0. The summed E-state index contributed by atoms with van der Waals surface area (Å²) in [6.07, 6.45) is 0.249. The molecule has 4 rings (SSSR count). The summed E-state index contributed by atoms with van der Waals surface area (Å²) in [6, 6.07) is 10.1. The third-order valence-corrected chi connectivity index (χ3v) is 5.62. The first-order valence-corrected chi connectivity index (χ1v) is 10.8. The summed E-state index contributed by atoms with van der Waals surface area (Å²) in [5.74, 6) is -1.89. The zero-order valence-corrected chi connectivity index (χ0v) is 19.0. The van der Waals surface area contributed by atoms with Gasteiger partial charge in [-0.3, -0.25) is 19.8 Å². The normalized spacial score (nSPS) is 19.1. The van der Waals surface area contributed by atoms with Gasteiger partial charge in [-0.05, 0) is 62.9 Å². The SMILES string of the molecule is CC(C)(C)OC(=O)Nc1ccc(F)cc1NC(=O)CN1C(=O)NC2(CCc3ccccc32)C1=O. The third kappa shape index (κ3) is 4.43. The van der Waals surface area contributed by atoms with Crippen LogP contribution < -0.4 is 16.0 Å². The van der Waals surface area contributed by atoms with Crippen LogP contribution in [0.5, 0.6) is 0 Å². The minimum Gasteiger partial charge on any atom is -0.444 e. The van der Waals surface area contributed by atoms with E-state index in [1.54, 1.807) is 32.9 Å². The predicted molar refractivity (Wildman–Crippen MR) is 122 cm³/mol. The fourth-order valence-corrected chi connectivity index (χ4v) is 4.21. The Kier molecular flexibility index (Phi) is 5.76. The van der Waals surface area contributed by atoms with Gasteiger partial charge in [-0.2, -0.15) is 0 Å². The number of carbonyl (C=O) groups excluding carboxylic acids is 4. The summed E-state index contributed by atoms with van der Waals surface area (Å²) in [4.78, 5) is 51.5. The molecule has 10 heteroatoms.